The van der Waals surface area contributed by atoms with Crippen LogP contribution in [0.4, 0.5) is 0 Å². The molecule has 0 aromatic heterocycles. The van der Waals surface area contributed by atoms with E-state index in [0.29, 0.717) is 11.3 Å². The van der Waals surface area contributed by atoms with Crippen LogP contribution in [0.1, 0.15) is 15.9 Å². The van der Waals surface area contributed by atoms with Crippen molar-refractivity contribution in [1.82, 2.24) is 0 Å². The van der Waals surface area contributed by atoms with E-state index in [0.717, 1.165) is 9.13 Å². The van der Waals surface area contributed by atoms with Crippen molar-refractivity contribution in [1.29, 1.82) is 0 Å². The van der Waals surface area contributed by atoms with Crippen molar-refractivity contribution in [2.75, 3.05) is 7.11 Å². The highest BCUT2D eigenvalue weighted by Gasteiger charge is 2.10. The summed E-state index contributed by atoms with van der Waals surface area (Å²) >= 11 is 2.15. The van der Waals surface area contributed by atoms with Crippen LogP contribution in [0.15, 0.2) is 48.5 Å². The van der Waals surface area contributed by atoms with E-state index in [9.17, 15) is 4.79 Å². The minimum absolute atomic E-state index is 0.272. The van der Waals surface area contributed by atoms with Crippen LogP contribution in [-0.2, 0) is 11.3 Å². The fraction of sp³-hybridized carbons (Fsp3) is 0.133. The lowest BCUT2D eigenvalue weighted by Crippen LogP contribution is -2.05. The first kappa shape index (κ1) is 13.9. The average Bonchev–Trinajstić information content (AvgIpc) is 2.46. The van der Waals surface area contributed by atoms with E-state index in [1.807, 2.05) is 36.4 Å². The Bertz CT molecular complexity index is 567. The second-order valence-electron chi connectivity index (χ2n) is 3.91. The van der Waals surface area contributed by atoms with E-state index in [1.54, 1.807) is 19.2 Å². The Kier molecular flexibility index (Phi) is 4.79. The normalized spacial score (nSPS) is 10.0. The van der Waals surface area contributed by atoms with Gasteiger partial charge in [0.05, 0.1) is 16.2 Å². The Labute approximate surface area is 125 Å². The van der Waals surface area contributed by atoms with Gasteiger partial charge in [0.2, 0.25) is 0 Å². The molecule has 2 aromatic rings. The summed E-state index contributed by atoms with van der Waals surface area (Å²) in [4.78, 5) is 11.9. The van der Waals surface area contributed by atoms with Gasteiger partial charge in [0, 0.05) is 0 Å². The number of benzene rings is 2. The number of methoxy groups -OCH3 is 1. The third-order valence-corrected chi connectivity index (χ3v) is 3.49. The van der Waals surface area contributed by atoms with Gasteiger partial charge in [0.15, 0.2) is 0 Å². The van der Waals surface area contributed by atoms with Crippen molar-refractivity contribution in [2.45, 2.75) is 6.61 Å². The number of esters is 1. The van der Waals surface area contributed by atoms with Gasteiger partial charge in [-0.15, -0.1) is 0 Å². The molecule has 0 unspecified atom stereocenters. The lowest BCUT2D eigenvalue weighted by atomic mass is 10.2. The van der Waals surface area contributed by atoms with Gasteiger partial charge in [-0.1, -0.05) is 30.3 Å². The summed E-state index contributed by atoms with van der Waals surface area (Å²) < 4.78 is 11.4. The second-order valence-corrected chi connectivity index (χ2v) is 5.07. The summed E-state index contributed by atoms with van der Waals surface area (Å²) in [6, 6.07) is 14.8. The minimum atomic E-state index is -0.349. The summed E-state index contributed by atoms with van der Waals surface area (Å²) in [7, 11) is 1.58. The Morgan fingerprint density at radius 2 is 1.89 bits per heavy atom. The molecule has 0 atom stereocenters. The van der Waals surface area contributed by atoms with E-state index in [1.165, 1.54) is 0 Å². The molecule has 0 aliphatic heterocycles. The molecule has 98 valence electrons. The van der Waals surface area contributed by atoms with Crippen LogP contribution in [0.3, 0.4) is 0 Å². The Morgan fingerprint density at radius 3 is 2.58 bits per heavy atom. The predicted molar refractivity (Wildman–Crippen MR) is 81.3 cm³/mol. The number of rotatable bonds is 4. The van der Waals surface area contributed by atoms with Crippen LogP contribution in [0.25, 0.3) is 0 Å². The number of halogens is 1. The summed E-state index contributed by atoms with van der Waals surface area (Å²) in [6.07, 6.45) is 0. The number of hydrogen-bond acceptors (Lipinski definition) is 3. The summed E-state index contributed by atoms with van der Waals surface area (Å²) in [5.41, 5.74) is 1.46. The minimum Gasteiger partial charge on any atom is -0.496 e. The SMILES string of the molecule is COc1cc(C(=O)OCc2ccccc2)ccc1I. The molecule has 2 aromatic carbocycles. The number of hydrogen-bond donors (Lipinski definition) is 0. The van der Waals surface area contributed by atoms with E-state index < -0.39 is 0 Å². The second kappa shape index (κ2) is 6.56. The number of carbonyl (C=O) groups is 1. The van der Waals surface area contributed by atoms with Crippen LogP contribution in [-0.4, -0.2) is 13.1 Å². The summed E-state index contributed by atoms with van der Waals surface area (Å²) in [5, 5.41) is 0. The molecule has 0 radical (unpaired) electrons. The molecule has 2 rings (SSSR count). The quantitative estimate of drug-likeness (QED) is 0.611. The molecule has 3 nitrogen and oxygen atoms in total. The van der Waals surface area contributed by atoms with Gasteiger partial charge in [0.25, 0.3) is 0 Å². The molecule has 0 spiro atoms. The van der Waals surface area contributed by atoms with Gasteiger partial charge in [-0.3, -0.25) is 0 Å². The van der Waals surface area contributed by atoms with Gasteiger partial charge < -0.3 is 9.47 Å². The molecular formula is C15H13IO3. The zero-order valence-electron chi connectivity index (χ0n) is 10.4. The van der Waals surface area contributed by atoms with Crippen LogP contribution in [0.5, 0.6) is 5.75 Å². The smallest absolute Gasteiger partial charge is 0.338 e. The highest BCUT2D eigenvalue weighted by molar-refractivity contribution is 14.1. The molecule has 0 N–H and O–H groups in total. The zero-order valence-corrected chi connectivity index (χ0v) is 12.6. The lowest BCUT2D eigenvalue weighted by Gasteiger charge is -2.07. The fourth-order valence-electron chi connectivity index (χ4n) is 1.59. The molecule has 19 heavy (non-hydrogen) atoms. The van der Waals surface area contributed by atoms with E-state index in [4.69, 9.17) is 9.47 Å². The van der Waals surface area contributed by atoms with Crippen molar-refractivity contribution in [3.63, 3.8) is 0 Å². The number of carbonyl (C=O) groups excluding carboxylic acids is 1. The van der Waals surface area contributed by atoms with Crippen molar-refractivity contribution >= 4 is 28.6 Å². The van der Waals surface area contributed by atoms with E-state index in [-0.39, 0.29) is 12.6 Å². The molecular weight excluding hydrogens is 355 g/mol. The first-order chi connectivity index (χ1) is 9.20. The van der Waals surface area contributed by atoms with Crippen LogP contribution in [0, 0.1) is 3.57 Å². The Balaban J connectivity index is 2.04. The molecule has 0 heterocycles. The predicted octanol–water partition coefficient (Wildman–Crippen LogP) is 3.66. The van der Waals surface area contributed by atoms with Crippen molar-refractivity contribution < 1.29 is 14.3 Å². The molecule has 0 saturated carbocycles. The van der Waals surface area contributed by atoms with Gasteiger partial charge >= 0.3 is 5.97 Å². The van der Waals surface area contributed by atoms with Gasteiger partial charge in [-0.05, 0) is 46.4 Å². The molecule has 4 heteroatoms. The highest BCUT2D eigenvalue weighted by Crippen LogP contribution is 2.22. The lowest BCUT2D eigenvalue weighted by molar-refractivity contribution is 0.0472. The van der Waals surface area contributed by atoms with Gasteiger partial charge in [-0.2, -0.15) is 0 Å². The van der Waals surface area contributed by atoms with Gasteiger partial charge in [-0.25, -0.2) is 4.79 Å². The number of ether oxygens (including phenoxy) is 2. The van der Waals surface area contributed by atoms with Crippen molar-refractivity contribution in [3.8, 4) is 5.75 Å². The molecule has 0 fully saturated rings. The largest absolute Gasteiger partial charge is 0.496 e. The molecule has 0 aliphatic carbocycles. The fourth-order valence-corrected chi connectivity index (χ4v) is 2.15. The topological polar surface area (TPSA) is 35.5 Å². The van der Waals surface area contributed by atoms with Crippen LogP contribution >= 0.6 is 22.6 Å². The summed E-state index contributed by atoms with van der Waals surface area (Å²) in [5.74, 6) is 0.327. The van der Waals surface area contributed by atoms with Crippen LogP contribution < -0.4 is 4.74 Å². The Hall–Kier alpha value is -1.56. The van der Waals surface area contributed by atoms with Crippen LogP contribution in [0.2, 0.25) is 0 Å². The maximum absolute atomic E-state index is 11.9. The standard InChI is InChI=1S/C15H13IO3/c1-18-14-9-12(7-8-13(14)16)15(17)19-10-11-5-3-2-4-6-11/h2-9H,10H2,1H3. The van der Waals surface area contributed by atoms with Gasteiger partial charge in [0.1, 0.15) is 12.4 Å². The molecule has 0 aliphatic rings. The zero-order chi connectivity index (χ0) is 13.7. The maximum Gasteiger partial charge on any atom is 0.338 e. The monoisotopic (exact) mass is 368 g/mol. The molecule has 0 saturated heterocycles. The third-order valence-electron chi connectivity index (χ3n) is 2.60. The summed E-state index contributed by atoms with van der Waals surface area (Å²) in [6.45, 7) is 0.272. The molecule has 0 amide bonds. The van der Waals surface area contributed by atoms with Crippen molar-refractivity contribution in [2.24, 2.45) is 0 Å². The first-order valence-electron chi connectivity index (χ1n) is 5.75. The average molecular weight is 368 g/mol. The van der Waals surface area contributed by atoms with Crippen molar-refractivity contribution in [3.05, 3.63) is 63.2 Å². The van der Waals surface area contributed by atoms with E-state index >= 15 is 0 Å². The first-order valence-corrected chi connectivity index (χ1v) is 6.83. The molecule has 0 bridgehead atoms. The van der Waals surface area contributed by atoms with E-state index in [2.05, 4.69) is 22.6 Å². The maximum atomic E-state index is 11.9. The highest BCUT2D eigenvalue weighted by atomic mass is 127. The third kappa shape index (κ3) is 3.70. The Morgan fingerprint density at radius 1 is 1.16 bits per heavy atom.